The SMILES string of the molecule is COc1ccc(OCCl)c([N+](=O)[O-])c1. The number of nitro groups is 1. The molecule has 14 heavy (non-hydrogen) atoms. The van der Waals surface area contributed by atoms with Crippen LogP contribution in [-0.2, 0) is 0 Å². The van der Waals surface area contributed by atoms with Crippen LogP contribution in [0.25, 0.3) is 0 Å². The molecule has 1 aromatic rings. The van der Waals surface area contributed by atoms with Gasteiger partial charge in [-0.15, -0.1) is 0 Å². The average molecular weight is 218 g/mol. The fourth-order valence-electron chi connectivity index (χ4n) is 0.948. The predicted molar refractivity (Wildman–Crippen MR) is 51.0 cm³/mol. The number of hydrogen-bond acceptors (Lipinski definition) is 4. The van der Waals surface area contributed by atoms with Crippen LogP contribution in [-0.4, -0.2) is 18.1 Å². The van der Waals surface area contributed by atoms with Gasteiger partial charge in [0.05, 0.1) is 18.1 Å². The molecule has 0 aromatic heterocycles. The summed E-state index contributed by atoms with van der Waals surface area (Å²) >= 11 is 5.31. The fourth-order valence-corrected chi connectivity index (χ4v) is 1.07. The van der Waals surface area contributed by atoms with Gasteiger partial charge in [-0.1, -0.05) is 11.6 Å². The molecule has 0 heterocycles. The molecule has 1 aromatic carbocycles. The number of benzene rings is 1. The van der Waals surface area contributed by atoms with E-state index in [0.717, 1.165) is 0 Å². The Labute approximate surface area is 85.3 Å². The van der Waals surface area contributed by atoms with Crippen LogP contribution in [0.1, 0.15) is 0 Å². The van der Waals surface area contributed by atoms with E-state index < -0.39 is 4.92 Å². The van der Waals surface area contributed by atoms with Crippen molar-refractivity contribution in [1.29, 1.82) is 0 Å². The van der Waals surface area contributed by atoms with Crippen molar-refractivity contribution < 1.29 is 14.4 Å². The second-order valence-corrected chi connectivity index (χ2v) is 2.56. The number of nitrogens with zero attached hydrogens (tertiary/aromatic N) is 1. The van der Waals surface area contributed by atoms with Gasteiger partial charge in [0.25, 0.3) is 0 Å². The fraction of sp³-hybridized carbons (Fsp3) is 0.250. The van der Waals surface area contributed by atoms with Crippen molar-refractivity contribution in [3.63, 3.8) is 0 Å². The summed E-state index contributed by atoms with van der Waals surface area (Å²) in [7, 11) is 1.43. The van der Waals surface area contributed by atoms with Crippen molar-refractivity contribution in [2.24, 2.45) is 0 Å². The molecule has 0 saturated heterocycles. The number of halogens is 1. The summed E-state index contributed by atoms with van der Waals surface area (Å²) in [6, 6.07) is 4.16. The molecule has 76 valence electrons. The summed E-state index contributed by atoms with van der Waals surface area (Å²) in [5, 5.41) is 10.6. The third-order valence-electron chi connectivity index (χ3n) is 1.57. The lowest BCUT2D eigenvalue weighted by atomic mass is 10.3. The highest BCUT2D eigenvalue weighted by molar-refractivity contribution is 6.17. The molecule has 0 N–H and O–H groups in total. The normalized spacial score (nSPS) is 9.57. The van der Waals surface area contributed by atoms with Crippen molar-refractivity contribution in [2.75, 3.05) is 13.2 Å². The van der Waals surface area contributed by atoms with Gasteiger partial charge in [-0.05, 0) is 12.1 Å². The van der Waals surface area contributed by atoms with E-state index in [9.17, 15) is 10.1 Å². The van der Waals surface area contributed by atoms with Crippen LogP contribution in [0.2, 0.25) is 0 Å². The van der Waals surface area contributed by atoms with Crippen LogP contribution in [0.15, 0.2) is 18.2 Å². The number of alkyl halides is 1. The number of hydrogen-bond donors (Lipinski definition) is 0. The van der Waals surface area contributed by atoms with Gasteiger partial charge in [0, 0.05) is 0 Å². The molecule has 0 aliphatic heterocycles. The van der Waals surface area contributed by atoms with E-state index in [2.05, 4.69) is 0 Å². The third-order valence-corrected chi connectivity index (χ3v) is 1.68. The highest BCUT2D eigenvalue weighted by atomic mass is 35.5. The molecular weight excluding hydrogens is 210 g/mol. The molecule has 6 heteroatoms. The van der Waals surface area contributed by atoms with E-state index >= 15 is 0 Å². The Morgan fingerprint density at radius 3 is 2.79 bits per heavy atom. The number of ether oxygens (including phenoxy) is 2. The van der Waals surface area contributed by atoms with E-state index in [-0.39, 0.29) is 17.5 Å². The van der Waals surface area contributed by atoms with Gasteiger partial charge in [0.15, 0.2) is 11.8 Å². The summed E-state index contributed by atoms with van der Waals surface area (Å²) in [6.07, 6.45) is 0. The second-order valence-electron chi connectivity index (χ2n) is 2.34. The van der Waals surface area contributed by atoms with Crippen molar-refractivity contribution in [3.05, 3.63) is 28.3 Å². The zero-order valence-electron chi connectivity index (χ0n) is 7.40. The number of rotatable bonds is 4. The van der Waals surface area contributed by atoms with Gasteiger partial charge in [-0.3, -0.25) is 10.1 Å². The minimum atomic E-state index is -0.551. The van der Waals surface area contributed by atoms with Crippen LogP contribution in [0, 0.1) is 10.1 Å². The zero-order valence-corrected chi connectivity index (χ0v) is 8.15. The minimum Gasteiger partial charge on any atom is -0.496 e. The van der Waals surface area contributed by atoms with Gasteiger partial charge >= 0.3 is 5.69 Å². The molecule has 0 radical (unpaired) electrons. The summed E-state index contributed by atoms with van der Waals surface area (Å²) in [4.78, 5) is 10.0. The Morgan fingerprint density at radius 1 is 1.57 bits per heavy atom. The molecule has 0 aliphatic rings. The Bertz CT molecular complexity index is 342. The van der Waals surface area contributed by atoms with Crippen molar-refractivity contribution >= 4 is 17.3 Å². The summed E-state index contributed by atoms with van der Waals surface area (Å²) in [5.74, 6) is 0.532. The zero-order chi connectivity index (χ0) is 10.6. The smallest absolute Gasteiger partial charge is 0.314 e. The lowest BCUT2D eigenvalue weighted by Crippen LogP contribution is -1.96. The molecule has 5 nitrogen and oxygen atoms in total. The second kappa shape index (κ2) is 4.66. The average Bonchev–Trinajstić information content (AvgIpc) is 2.18. The van der Waals surface area contributed by atoms with Crippen molar-refractivity contribution in [3.8, 4) is 11.5 Å². The first-order valence-corrected chi connectivity index (χ1v) is 4.23. The maximum atomic E-state index is 10.6. The van der Waals surface area contributed by atoms with E-state index in [1.807, 2.05) is 0 Å². The van der Waals surface area contributed by atoms with E-state index in [4.69, 9.17) is 21.1 Å². The summed E-state index contributed by atoms with van der Waals surface area (Å²) < 4.78 is 9.71. The topological polar surface area (TPSA) is 61.6 Å². The Morgan fingerprint density at radius 2 is 2.29 bits per heavy atom. The van der Waals surface area contributed by atoms with Gasteiger partial charge < -0.3 is 9.47 Å². The molecule has 0 aliphatic carbocycles. The molecule has 0 unspecified atom stereocenters. The number of nitro benzene ring substituents is 1. The Balaban J connectivity index is 3.10. The predicted octanol–water partition coefficient (Wildman–Crippen LogP) is 2.18. The largest absolute Gasteiger partial charge is 0.496 e. The Kier molecular flexibility index (Phi) is 3.53. The first-order chi connectivity index (χ1) is 6.69. The number of methoxy groups -OCH3 is 1. The van der Waals surface area contributed by atoms with Crippen LogP contribution >= 0.6 is 11.6 Å². The highest BCUT2D eigenvalue weighted by Crippen LogP contribution is 2.30. The molecule has 0 bridgehead atoms. The van der Waals surface area contributed by atoms with Gasteiger partial charge in [0.2, 0.25) is 0 Å². The standard InChI is InChI=1S/C8H8ClNO4/c1-13-6-2-3-8(14-5-9)7(4-6)10(11)12/h2-4H,5H2,1H3. The monoisotopic (exact) mass is 217 g/mol. The van der Waals surface area contributed by atoms with Crippen LogP contribution in [0.4, 0.5) is 5.69 Å². The molecule has 0 fully saturated rings. The maximum absolute atomic E-state index is 10.6. The van der Waals surface area contributed by atoms with Gasteiger partial charge in [0.1, 0.15) is 5.75 Å². The first kappa shape index (κ1) is 10.6. The summed E-state index contributed by atoms with van der Waals surface area (Å²) in [6.45, 7) is 0. The Hall–Kier alpha value is -1.49. The van der Waals surface area contributed by atoms with E-state index in [1.54, 1.807) is 6.07 Å². The lowest BCUT2D eigenvalue weighted by molar-refractivity contribution is -0.385. The van der Waals surface area contributed by atoms with Crippen LogP contribution < -0.4 is 9.47 Å². The highest BCUT2D eigenvalue weighted by Gasteiger charge is 2.15. The van der Waals surface area contributed by atoms with Gasteiger partial charge in [-0.2, -0.15) is 0 Å². The first-order valence-electron chi connectivity index (χ1n) is 3.70. The van der Waals surface area contributed by atoms with E-state index in [0.29, 0.717) is 5.75 Å². The molecule has 1 rings (SSSR count). The van der Waals surface area contributed by atoms with Crippen LogP contribution in [0.3, 0.4) is 0 Å². The molecule has 0 saturated carbocycles. The molecular formula is C8H8ClNO4. The summed E-state index contributed by atoms with van der Waals surface area (Å²) in [5.41, 5.74) is -0.162. The van der Waals surface area contributed by atoms with Crippen LogP contribution in [0.5, 0.6) is 11.5 Å². The van der Waals surface area contributed by atoms with Gasteiger partial charge in [-0.25, -0.2) is 0 Å². The van der Waals surface area contributed by atoms with Crippen molar-refractivity contribution in [2.45, 2.75) is 0 Å². The molecule has 0 spiro atoms. The maximum Gasteiger partial charge on any atom is 0.314 e. The lowest BCUT2D eigenvalue weighted by Gasteiger charge is -2.04. The minimum absolute atomic E-state index is 0.130. The van der Waals surface area contributed by atoms with Crippen molar-refractivity contribution in [1.82, 2.24) is 0 Å². The molecule has 0 atom stereocenters. The third kappa shape index (κ3) is 2.26. The van der Waals surface area contributed by atoms with E-state index in [1.165, 1.54) is 19.2 Å². The molecule has 0 amide bonds. The quantitative estimate of drug-likeness (QED) is 0.441.